The summed E-state index contributed by atoms with van der Waals surface area (Å²) < 4.78 is 0. The highest BCUT2D eigenvalue weighted by atomic mass is 16.4. The summed E-state index contributed by atoms with van der Waals surface area (Å²) in [7, 11) is 0. The fourth-order valence-corrected chi connectivity index (χ4v) is 1.62. The maximum Gasteiger partial charge on any atom is 0.323 e. The number of carbonyl (C=O) groups excluding carboxylic acids is 1. The number of carboxylic acids is 1. The number of urea groups is 1. The van der Waals surface area contributed by atoms with Crippen molar-refractivity contribution in [1.82, 2.24) is 10.2 Å². The predicted octanol–water partition coefficient (Wildman–Crippen LogP) is 2.46. The van der Waals surface area contributed by atoms with Crippen molar-refractivity contribution in [3.8, 4) is 0 Å². The molecule has 1 unspecified atom stereocenters. The van der Waals surface area contributed by atoms with E-state index in [-0.39, 0.29) is 18.6 Å². The first-order valence-electron chi connectivity index (χ1n) is 6.48. The van der Waals surface area contributed by atoms with Crippen molar-refractivity contribution in [2.24, 2.45) is 0 Å². The van der Waals surface area contributed by atoms with Gasteiger partial charge in [0.1, 0.15) is 6.54 Å². The zero-order valence-electron chi connectivity index (χ0n) is 12.1. The van der Waals surface area contributed by atoms with Gasteiger partial charge < -0.3 is 15.3 Å². The first-order valence-corrected chi connectivity index (χ1v) is 6.48. The van der Waals surface area contributed by atoms with Crippen LogP contribution in [0.1, 0.15) is 53.9 Å². The molecule has 0 radical (unpaired) electrons. The topological polar surface area (TPSA) is 69.6 Å². The van der Waals surface area contributed by atoms with Gasteiger partial charge in [-0.05, 0) is 34.1 Å². The Morgan fingerprint density at radius 1 is 1.33 bits per heavy atom. The quantitative estimate of drug-likeness (QED) is 0.769. The van der Waals surface area contributed by atoms with Crippen LogP contribution in [-0.2, 0) is 4.79 Å². The minimum Gasteiger partial charge on any atom is -0.480 e. The second kappa shape index (κ2) is 7.24. The predicted molar refractivity (Wildman–Crippen MR) is 71.6 cm³/mol. The van der Waals surface area contributed by atoms with Crippen LogP contribution in [-0.4, -0.2) is 40.1 Å². The van der Waals surface area contributed by atoms with E-state index in [1.807, 2.05) is 27.7 Å². The number of carboxylic acid groups (broad SMARTS) is 1. The van der Waals surface area contributed by atoms with Crippen LogP contribution in [0.2, 0.25) is 0 Å². The molecule has 5 nitrogen and oxygen atoms in total. The zero-order chi connectivity index (χ0) is 14.3. The van der Waals surface area contributed by atoms with E-state index in [9.17, 15) is 9.59 Å². The number of nitrogens with zero attached hydrogens (tertiary/aromatic N) is 1. The van der Waals surface area contributed by atoms with Crippen LogP contribution in [0.5, 0.6) is 0 Å². The second-order valence-electron chi connectivity index (χ2n) is 5.64. The van der Waals surface area contributed by atoms with E-state index >= 15 is 0 Å². The van der Waals surface area contributed by atoms with E-state index in [1.165, 1.54) is 4.90 Å². The van der Waals surface area contributed by atoms with Crippen LogP contribution in [0, 0.1) is 0 Å². The molecule has 0 heterocycles. The van der Waals surface area contributed by atoms with E-state index < -0.39 is 11.5 Å². The molecule has 1 atom stereocenters. The van der Waals surface area contributed by atoms with E-state index in [1.54, 1.807) is 0 Å². The molecule has 0 aromatic rings. The standard InChI is InChI=1S/C13H26N2O3/c1-6-7-8-10(2)14-12(18)15(9-11(16)17)13(3,4)5/h10H,6-9H2,1-5H3,(H,14,18)(H,16,17). The Morgan fingerprint density at radius 3 is 2.28 bits per heavy atom. The average molecular weight is 258 g/mol. The maximum atomic E-state index is 12.1. The molecule has 2 amide bonds. The summed E-state index contributed by atoms with van der Waals surface area (Å²) in [5, 5.41) is 11.7. The number of unbranched alkanes of at least 4 members (excludes halogenated alkanes) is 1. The molecule has 0 aromatic carbocycles. The Morgan fingerprint density at radius 2 is 1.89 bits per heavy atom. The molecule has 5 heteroatoms. The van der Waals surface area contributed by atoms with Crippen LogP contribution >= 0.6 is 0 Å². The third kappa shape index (κ3) is 6.47. The largest absolute Gasteiger partial charge is 0.480 e. The van der Waals surface area contributed by atoms with Crippen molar-refractivity contribution in [1.29, 1.82) is 0 Å². The van der Waals surface area contributed by atoms with Gasteiger partial charge in [0, 0.05) is 11.6 Å². The highest BCUT2D eigenvalue weighted by molar-refractivity contribution is 5.80. The number of hydrogen-bond acceptors (Lipinski definition) is 2. The van der Waals surface area contributed by atoms with Crippen molar-refractivity contribution >= 4 is 12.0 Å². The van der Waals surface area contributed by atoms with E-state index in [0.717, 1.165) is 19.3 Å². The molecule has 0 aromatic heterocycles. The van der Waals surface area contributed by atoms with Crippen LogP contribution < -0.4 is 5.32 Å². The molecule has 0 aliphatic rings. The number of carbonyl (C=O) groups is 2. The van der Waals surface area contributed by atoms with Gasteiger partial charge in [0.15, 0.2) is 0 Å². The Bertz CT molecular complexity index is 284. The minimum atomic E-state index is -0.999. The number of rotatable bonds is 6. The summed E-state index contributed by atoms with van der Waals surface area (Å²) in [5.74, 6) is -0.999. The SMILES string of the molecule is CCCCC(C)NC(=O)N(CC(=O)O)C(C)(C)C. The van der Waals surface area contributed by atoms with Gasteiger partial charge in [-0.25, -0.2) is 4.79 Å². The summed E-state index contributed by atoms with van der Waals surface area (Å²) in [6.07, 6.45) is 3.04. The number of nitrogens with one attached hydrogen (secondary N) is 1. The average Bonchev–Trinajstić information content (AvgIpc) is 2.21. The lowest BCUT2D eigenvalue weighted by molar-refractivity contribution is -0.138. The molecule has 0 fully saturated rings. The second-order valence-corrected chi connectivity index (χ2v) is 5.64. The summed E-state index contributed by atoms with van der Waals surface area (Å²) in [5.41, 5.74) is -0.507. The van der Waals surface area contributed by atoms with Crippen molar-refractivity contribution in [3.63, 3.8) is 0 Å². The lowest BCUT2D eigenvalue weighted by Gasteiger charge is -2.35. The molecule has 0 saturated carbocycles. The van der Waals surface area contributed by atoms with Crippen LogP contribution in [0.4, 0.5) is 4.79 Å². The first-order chi connectivity index (χ1) is 8.18. The molecule has 18 heavy (non-hydrogen) atoms. The summed E-state index contributed by atoms with van der Waals surface area (Å²) in [4.78, 5) is 24.2. The van der Waals surface area contributed by atoms with Gasteiger partial charge in [0.25, 0.3) is 0 Å². The normalized spacial score (nSPS) is 12.9. The van der Waals surface area contributed by atoms with Crippen molar-refractivity contribution < 1.29 is 14.7 Å². The summed E-state index contributed by atoms with van der Waals surface area (Å²) >= 11 is 0. The molecule has 0 rings (SSSR count). The Balaban J connectivity index is 4.52. The van der Waals surface area contributed by atoms with Gasteiger partial charge in [-0.15, -0.1) is 0 Å². The van der Waals surface area contributed by atoms with Gasteiger partial charge in [0.05, 0.1) is 0 Å². The van der Waals surface area contributed by atoms with Gasteiger partial charge in [-0.2, -0.15) is 0 Å². The monoisotopic (exact) mass is 258 g/mol. The lowest BCUT2D eigenvalue weighted by atomic mass is 10.1. The van der Waals surface area contributed by atoms with E-state index in [2.05, 4.69) is 12.2 Å². The molecule has 0 saturated heterocycles. The molecule has 106 valence electrons. The maximum absolute atomic E-state index is 12.1. The molecule has 2 N–H and O–H groups in total. The van der Waals surface area contributed by atoms with Crippen molar-refractivity contribution in [2.45, 2.75) is 65.5 Å². The van der Waals surface area contributed by atoms with Crippen LogP contribution in [0.25, 0.3) is 0 Å². The fraction of sp³-hybridized carbons (Fsp3) is 0.846. The minimum absolute atomic E-state index is 0.0658. The molecule has 0 spiro atoms. The lowest BCUT2D eigenvalue weighted by Crippen LogP contribution is -2.54. The third-order valence-electron chi connectivity index (χ3n) is 2.71. The van der Waals surface area contributed by atoms with Gasteiger partial charge in [-0.1, -0.05) is 19.8 Å². The zero-order valence-corrected chi connectivity index (χ0v) is 12.1. The van der Waals surface area contributed by atoms with E-state index in [4.69, 9.17) is 5.11 Å². The highest BCUT2D eigenvalue weighted by Crippen LogP contribution is 2.13. The molecule has 0 aliphatic carbocycles. The molecule has 0 bridgehead atoms. The Kier molecular flexibility index (Phi) is 6.73. The van der Waals surface area contributed by atoms with Crippen molar-refractivity contribution in [2.75, 3.05) is 6.54 Å². The Hall–Kier alpha value is -1.26. The number of hydrogen-bond donors (Lipinski definition) is 2. The number of amides is 2. The summed E-state index contributed by atoms with van der Waals surface area (Å²) in [6.45, 7) is 9.23. The third-order valence-corrected chi connectivity index (χ3v) is 2.71. The fourth-order valence-electron chi connectivity index (χ4n) is 1.62. The van der Waals surface area contributed by atoms with Gasteiger partial charge in [-0.3, -0.25) is 4.79 Å². The summed E-state index contributed by atoms with van der Waals surface area (Å²) in [6, 6.07) is -0.246. The van der Waals surface area contributed by atoms with Gasteiger partial charge in [0.2, 0.25) is 0 Å². The van der Waals surface area contributed by atoms with Crippen LogP contribution in [0.15, 0.2) is 0 Å². The van der Waals surface area contributed by atoms with Crippen LogP contribution in [0.3, 0.4) is 0 Å². The van der Waals surface area contributed by atoms with E-state index in [0.29, 0.717) is 0 Å². The highest BCUT2D eigenvalue weighted by Gasteiger charge is 2.28. The smallest absolute Gasteiger partial charge is 0.323 e. The number of aliphatic carboxylic acids is 1. The van der Waals surface area contributed by atoms with Gasteiger partial charge >= 0.3 is 12.0 Å². The van der Waals surface area contributed by atoms with Crippen molar-refractivity contribution in [3.05, 3.63) is 0 Å². The molecular weight excluding hydrogens is 232 g/mol. The Labute approximate surface area is 110 Å². The first kappa shape index (κ1) is 16.7. The molecule has 0 aliphatic heterocycles. The molecular formula is C13H26N2O3.